The summed E-state index contributed by atoms with van der Waals surface area (Å²) >= 11 is 11.2. The molecule has 0 unspecified atom stereocenters. The molecule has 0 aliphatic heterocycles. The van der Waals surface area contributed by atoms with Crippen molar-refractivity contribution in [2.75, 3.05) is 5.32 Å². The van der Waals surface area contributed by atoms with E-state index in [0.29, 0.717) is 11.3 Å². The van der Waals surface area contributed by atoms with E-state index in [1.54, 1.807) is 18.2 Å². The van der Waals surface area contributed by atoms with E-state index in [9.17, 15) is 8.78 Å². The molecule has 1 N–H and O–H groups in total. The highest BCUT2D eigenvalue weighted by Gasteiger charge is 2.06. The molecule has 0 bridgehead atoms. The van der Waals surface area contributed by atoms with Crippen molar-refractivity contribution < 1.29 is 8.78 Å². The first-order valence-electron chi connectivity index (χ1n) is 5.20. The minimum atomic E-state index is -0.520. The second kappa shape index (κ2) is 5.55. The maximum atomic E-state index is 13.6. The Morgan fingerprint density at radius 2 is 1.78 bits per heavy atom. The molecule has 0 atom stereocenters. The van der Waals surface area contributed by atoms with E-state index in [2.05, 4.69) is 5.32 Å². The number of rotatable bonds is 3. The van der Waals surface area contributed by atoms with Crippen LogP contribution in [-0.4, -0.2) is 0 Å². The van der Waals surface area contributed by atoms with Crippen LogP contribution in [0.4, 0.5) is 14.5 Å². The normalized spacial score (nSPS) is 10.4. The predicted molar refractivity (Wildman–Crippen MR) is 70.1 cm³/mol. The van der Waals surface area contributed by atoms with Crippen molar-refractivity contribution in [1.82, 2.24) is 0 Å². The molecule has 18 heavy (non-hydrogen) atoms. The Bertz CT molecular complexity index is 573. The summed E-state index contributed by atoms with van der Waals surface area (Å²) < 4.78 is 26.8. The van der Waals surface area contributed by atoms with Crippen LogP contribution in [0, 0.1) is 11.6 Å². The predicted octanol–water partition coefficient (Wildman–Crippen LogP) is 4.88. The summed E-state index contributed by atoms with van der Waals surface area (Å²) in [5.41, 5.74) is 0.939. The quantitative estimate of drug-likeness (QED) is 0.848. The van der Waals surface area contributed by atoms with Crippen LogP contribution >= 0.6 is 23.2 Å². The highest BCUT2D eigenvalue weighted by atomic mass is 35.5. The summed E-state index contributed by atoms with van der Waals surface area (Å²) in [5.74, 6) is -0.991. The van der Waals surface area contributed by atoms with E-state index >= 15 is 0 Å². The minimum absolute atomic E-state index is 0.0505. The van der Waals surface area contributed by atoms with Crippen molar-refractivity contribution in [3.8, 4) is 0 Å². The molecule has 2 rings (SSSR count). The van der Waals surface area contributed by atoms with Crippen LogP contribution < -0.4 is 5.32 Å². The summed E-state index contributed by atoms with van der Waals surface area (Å²) in [7, 11) is 0. The first-order chi connectivity index (χ1) is 8.58. The van der Waals surface area contributed by atoms with Crippen LogP contribution in [0.5, 0.6) is 0 Å². The third kappa shape index (κ3) is 2.92. The maximum absolute atomic E-state index is 13.6. The van der Waals surface area contributed by atoms with Gasteiger partial charge < -0.3 is 5.32 Å². The molecule has 0 spiro atoms. The van der Waals surface area contributed by atoms with Gasteiger partial charge in [-0.05, 0) is 24.3 Å². The lowest BCUT2D eigenvalue weighted by atomic mass is 10.2. The molecule has 0 heterocycles. The van der Waals surface area contributed by atoms with Crippen molar-refractivity contribution in [3.63, 3.8) is 0 Å². The lowest BCUT2D eigenvalue weighted by Crippen LogP contribution is -2.02. The molecule has 0 aliphatic carbocycles. The molecule has 0 amide bonds. The largest absolute Gasteiger partial charge is 0.381 e. The SMILES string of the molecule is Fc1cc(NCc2cccc(Cl)c2F)ccc1Cl. The zero-order valence-corrected chi connectivity index (χ0v) is 10.7. The second-order valence-corrected chi connectivity index (χ2v) is 4.51. The Morgan fingerprint density at radius 1 is 1.00 bits per heavy atom. The Balaban J connectivity index is 2.11. The van der Waals surface area contributed by atoms with E-state index in [4.69, 9.17) is 23.2 Å². The molecule has 5 heteroatoms. The first kappa shape index (κ1) is 13.1. The van der Waals surface area contributed by atoms with Gasteiger partial charge in [-0.1, -0.05) is 35.3 Å². The van der Waals surface area contributed by atoms with Crippen molar-refractivity contribution in [3.05, 3.63) is 63.6 Å². The third-order valence-electron chi connectivity index (χ3n) is 2.43. The minimum Gasteiger partial charge on any atom is -0.381 e. The molecule has 0 radical (unpaired) electrons. The molecule has 1 nitrogen and oxygen atoms in total. The maximum Gasteiger partial charge on any atom is 0.146 e. The van der Waals surface area contributed by atoms with Gasteiger partial charge in [0, 0.05) is 17.8 Å². The monoisotopic (exact) mass is 287 g/mol. The van der Waals surface area contributed by atoms with Gasteiger partial charge in [-0.2, -0.15) is 0 Å². The van der Waals surface area contributed by atoms with Gasteiger partial charge in [-0.15, -0.1) is 0 Å². The van der Waals surface area contributed by atoms with Gasteiger partial charge in [0.2, 0.25) is 0 Å². The highest BCUT2D eigenvalue weighted by molar-refractivity contribution is 6.31. The van der Waals surface area contributed by atoms with Crippen LogP contribution in [0.1, 0.15) is 5.56 Å². The van der Waals surface area contributed by atoms with E-state index in [1.165, 1.54) is 18.2 Å². The summed E-state index contributed by atoms with van der Waals surface area (Å²) in [6.07, 6.45) is 0. The number of hydrogen-bond donors (Lipinski definition) is 1. The fraction of sp³-hybridized carbons (Fsp3) is 0.0769. The number of hydrogen-bond acceptors (Lipinski definition) is 1. The Morgan fingerprint density at radius 3 is 2.50 bits per heavy atom. The first-order valence-corrected chi connectivity index (χ1v) is 5.95. The van der Waals surface area contributed by atoms with Gasteiger partial charge in [-0.25, -0.2) is 8.78 Å². The zero-order chi connectivity index (χ0) is 13.1. The smallest absolute Gasteiger partial charge is 0.146 e. The van der Waals surface area contributed by atoms with E-state index in [-0.39, 0.29) is 16.6 Å². The van der Waals surface area contributed by atoms with Crippen LogP contribution in [-0.2, 0) is 6.54 Å². The van der Waals surface area contributed by atoms with Crippen molar-refractivity contribution in [2.24, 2.45) is 0 Å². The molecule has 0 fully saturated rings. The Kier molecular flexibility index (Phi) is 4.04. The molecule has 2 aromatic rings. The molecule has 2 aromatic carbocycles. The highest BCUT2D eigenvalue weighted by Crippen LogP contribution is 2.21. The number of halogens is 4. The van der Waals surface area contributed by atoms with E-state index < -0.39 is 11.6 Å². The zero-order valence-electron chi connectivity index (χ0n) is 9.18. The second-order valence-electron chi connectivity index (χ2n) is 3.70. The van der Waals surface area contributed by atoms with Gasteiger partial charge >= 0.3 is 0 Å². The van der Waals surface area contributed by atoms with Crippen LogP contribution in [0.25, 0.3) is 0 Å². The van der Waals surface area contributed by atoms with Crippen molar-refractivity contribution in [1.29, 1.82) is 0 Å². The van der Waals surface area contributed by atoms with Gasteiger partial charge in [0.1, 0.15) is 11.6 Å². The van der Waals surface area contributed by atoms with Gasteiger partial charge in [0.15, 0.2) is 0 Å². The van der Waals surface area contributed by atoms with E-state index in [0.717, 1.165) is 0 Å². The molecule has 0 saturated carbocycles. The summed E-state index contributed by atoms with van der Waals surface area (Å²) in [5, 5.41) is 3.02. The van der Waals surface area contributed by atoms with Crippen molar-refractivity contribution >= 4 is 28.9 Å². The average molecular weight is 288 g/mol. The molecular formula is C13H9Cl2F2N. The van der Waals surface area contributed by atoms with Crippen molar-refractivity contribution in [2.45, 2.75) is 6.54 Å². The summed E-state index contributed by atoms with van der Waals surface area (Å²) in [6, 6.07) is 9.06. The molecule has 0 aliphatic rings. The van der Waals surface area contributed by atoms with Gasteiger partial charge in [0.25, 0.3) is 0 Å². The molecular weight excluding hydrogens is 279 g/mol. The fourth-order valence-electron chi connectivity index (χ4n) is 1.49. The molecule has 0 saturated heterocycles. The lowest BCUT2D eigenvalue weighted by molar-refractivity contribution is 0.613. The van der Waals surface area contributed by atoms with Gasteiger partial charge in [-0.3, -0.25) is 0 Å². The lowest BCUT2D eigenvalue weighted by Gasteiger charge is -2.08. The number of nitrogens with one attached hydrogen (secondary N) is 1. The summed E-state index contributed by atoms with van der Waals surface area (Å²) in [4.78, 5) is 0. The third-order valence-corrected chi connectivity index (χ3v) is 3.03. The topological polar surface area (TPSA) is 12.0 Å². The van der Waals surface area contributed by atoms with E-state index in [1.807, 2.05) is 0 Å². The number of anilines is 1. The molecule has 0 aromatic heterocycles. The molecule has 94 valence electrons. The van der Waals surface area contributed by atoms with Crippen LogP contribution in [0.3, 0.4) is 0 Å². The number of benzene rings is 2. The Labute approximate surface area is 113 Å². The Hall–Kier alpha value is -1.32. The van der Waals surface area contributed by atoms with Crippen LogP contribution in [0.15, 0.2) is 36.4 Å². The average Bonchev–Trinajstić information content (AvgIpc) is 2.35. The van der Waals surface area contributed by atoms with Crippen LogP contribution in [0.2, 0.25) is 10.0 Å². The fourth-order valence-corrected chi connectivity index (χ4v) is 1.80. The summed E-state index contributed by atoms with van der Waals surface area (Å²) in [6.45, 7) is 0.216. The van der Waals surface area contributed by atoms with Gasteiger partial charge in [0.05, 0.1) is 10.0 Å². The standard InChI is InChI=1S/C13H9Cl2F2N/c14-10-5-4-9(6-12(10)16)18-7-8-2-1-3-11(15)13(8)17/h1-6,18H,7H2.